The Morgan fingerprint density at radius 2 is 1.87 bits per heavy atom. The number of hydrogen-bond donors (Lipinski definition) is 3. The number of aliphatic carboxylic acids is 1. The first-order chi connectivity index (χ1) is 7.05. The Morgan fingerprint density at radius 1 is 1.33 bits per heavy atom. The highest BCUT2D eigenvalue weighted by atomic mass is 16.4. The number of aromatic amines is 2. The van der Waals surface area contributed by atoms with E-state index in [1.165, 1.54) is 0 Å². The van der Waals surface area contributed by atoms with Crippen LogP contribution in [0.2, 0.25) is 0 Å². The molecule has 1 fully saturated rings. The summed E-state index contributed by atoms with van der Waals surface area (Å²) < 4.78 is 0.991. The Morgan fingerprint density at radius 3 is 2.20 bits per heavy atom. The van der Waals surface area contributed by atoms with Gasteiger partial charge in [0.05, 0.1) is 12.0 Å². The molecule has 0 amide bonds. The van der Waals surface area contributed by atoms with Gasteiger partial charge in [-0.1, -0.05) is 0 Å². The molecule has 1 aliphatic rings. The highest BCUT2D eigenvalue weighted by Crippen LogP contribution is 2.40. The first-order valence-electron chi connectivity index (χ1n) is 4.67. The highest BCUT2D eigenvalue weighted by molar-refractivity contribution is 5.68. The molecule has 0 unspecified atom stereocenters. The van der Waals surface area contributed by atoms with Crippen molar-refractivity contribution < 1.29 is 9.90 Å². The van der Waals surface area contributed by atoms with Gasteiger partial charge in [-0.3, -0.25) is 4.79 Å². The third-order valence-electron chi connectivity index (χ3n) is 2.92. The van der Waals surface area contributed by atoms with Crippen molar-refractivity contribution in [3.05, 3.63) is 21.0 Å². The summed E-state index contributed by atoms with van der Waals surface area (Å²) in [5, 5.41) is 13.1. The number of carboxylic acid groups (broad SMARTS) is 1. The minimum atomic E-state index is -0.998. The molecule has 0 saturated heterocycles. The summed E-state index contributed by atoms with van der Waals surface area (Å²) in [4.78, 5) is 33.4. The van der Waals surface area contributed by atoms with Gasteiger partial charge in [-0.15, -0.1) is 0 Å². The lowest BCUT2D eigenvalue weighted by Crippen LogP contribution is -2.51. The fraction of sp³-hybridized carbons (Fsp3) is 0.625. The minimum absolute atomic E-state index is 0.187. The predicted octanol–water partition coefficient (Wildman–Crippen LogP) is -0.781. The van der Waals surface area contributed by atoms with E-state index in [0.717, 1.165) is 11.0 Å². The van der Waals surface area contributed by atoms with Gasteiger partial charge in [0.1, 0.15) is 0 Å². The second kappa shape index (κ2) is 3.11. The standard InChI is InChI=1S/C8H11N3O4/c12-5(13)4-8(2-1-3-8)11-6(14)9-10-7(11)15/h1-4H2,(H,9,14)(H,10,15)(H,12,13). The van der Waals surface area contributed by atoms with Gasteiger partial charge in [-0.25, -0.2) is 24.4 Å². The van der Waals surface area contributed by atoms with Crippen molar-refractivity contribution >= 4 is 5.97 Å². The summed E-state index contributed by atoms with van der Waals surface area (Å²) in [6.07, 6.45) is 1.76. The lowest BCUT2D eigenvalue weighted by Gasteiger charge is -2.40. The first-order valence-corrected chi connectivity index (χ1v) is 4.67. The molecule has 0 aliphatic heterocycles. The average molecular weight is 213 g/mol. The van der Waals surface area contributed by atoms with E-state index in [0.29, 0.717) is 12.8 Å². The Bertz CT molecular complexity index is 463. The summed E-state index contributed by atoms with van der Waals surface area (Å²) in [5.41, 5.74) is -1.96. The van der Waals surface area contributed by atoms with Gasteiger partial charge >= 0.3 is 17.3 Å². The van der Waals surface area contributed by atoms with E-state index in [2.05, 4.69) is 10.2 Å². The fourth-order valence-corrected chi connectivity index (χ4v) is 2.09. The molecule has 0 radical (unpaired) electrons. The second-order valence-electron chi connectivity index (χ2n) is 3.84. The molecule has 3 N–H and O–H groups in total. The van der Waals surface area contributed by atoms with Crippen LogP contribution in [0.3, 0.4) is 0 Å². The van der Waals surface area contributed by atoms with Crippen LogP contribution in [-0.4, -0.2) is 25.8 Å². The molecule has 1 aliphatic carbocycles. The maximum Gasteiger partial charge on any atom is 0.344 e. The normalized spacial score (nSPS) is 18.4. The van der Waals surface area contributed by atoms with E-state index in [9.17, 15) is 14.4 Å². The summed E-state index contributed by atoms with van der Waals surface area (Å²) in [6, 6.07) is 0. The smallest absolute Gasteiger partial charge is 0.344 e. The highest BCUT2D eigenvalue weighted by Gasteiger charge is 2.43. The van der Waals surface area contributed by atoms with Crippen LogP contribution in [0.15, 0.2) is 9.59 Å². The van der Waals surface area contributed by atoms with Crippen molar-refractivity contribution in [3.63, 3.8) is 0 Å². The topological polar surface area (TPSA) is 108 Å². The Balaban J connectivity index is 2.47. The van der Waals surface area contributed by atoms with E-state index < -0.39 is 22.9 Å². The summed E-state index contributed by atoms with van der Waals surface area (Å²) >= 11 is 0. The van der Waals surface area contributed by atoms with Gasteiger partial charge in [0.25, 0.3) is 0 Å². The van der Waals surface area contributed by atoms with Crippen molar-refractivity contribution in [2.45, 2.75) is 31.2 Å². The minimum Gasteiger partial charge on any atom is -0.481 e. The SMILES string of the molecule is O=C(O)CC1(n2c(=O)[nH][nH]c2=O)CCC1. The average Bonchev–Trinajstić information content (AvgIpc) is 2.40. The van der Waals surface area contributed by atoms with Gasteiger partial charge < -0.3 is 5.11 Å². The number of nitrogens with one attached hydrogen (secondary N) is 2. The van der Waals surface area contributed by atoms with Gasteiger partial charge in [-0.05, 0) is 19.3 Å². The predicted molar refractivity (Wildman–Crippen MR) is 49.8 cm³/mol. The van der Waals surface area contributed by atoms with E-state index in [4.69, 9.17) is 5.11 Å². The number of nitrogens with zero attached hydrogens (tertiary/aromatic N) is 1. The Hall–Kier alpha value is -1.79. The molecule has 1 aromatic heterocycles. The quantitative estimate of drug-likeness (QED) is 0.611. The van der Waals surface area contributed by atoms with Crippen LogP contribution < -0.4 is 11.4 Å². The molecule has 0 atom stereocenters. The van der Waals surface area contributed by atoms with Crippen LogP contribution >= 0.6 is 0 Å². The molecule has 1 saturated carbocycles. The molecule has 2 rings (SSSR count). The molecule has 82 valence electrons. The summed E-state index contributed by atoms with van der Waals surface area (Å²) in [6.45, 7) is 0. The van der Waals surface area contributed by atoms with Crippen LogP contribution in [0.4, 0.5) is 0 Å². The number of hydrogen-bond acceptors (Lipinski definition) is 3. The van der Waals surface area contributed by atoms with E-state index in [-0.39, 0.29) is 6.42 Å². The van der Waals surface area contributed by atoms with Gasteiger partial charge in [0, 0.05) is 0 Å². The molecule has 0 bridgehead atoms. The lowest BCUT2D eigenvalue weighted by atomic mass is 9.74. The third-order valence-corrected chi connectivity index (χ3v) is 2.92. The first kappa shape index (κ1) is 9.75. The van der Waals surface area contributed by atoms with Crippen molar-refractivity contribution in [1.82, 2.24) is 14.8 Å². The molecule has 15 heavy (non-hydrogen) atoms. The number of carboxylic acids is 1. The Kier molecular flexibility index (Phi) is 2.02. The van der Waals surface area contributed by atoms with Crippen molar-refractivity contribution in [1.29, 1.82) is 0 Å². The monoisotopic (exact) mass is 213 g/mol. The number of carbonyl (C=O) groups is 1. The van der Waals surface area contributed by atoms with E-state index >= 15 is 0 Å². The van der Waals surface area contributed by atoms with Gasteiger partial charge in [0.15, 0.2) is 0 Å². The zero-order chi connectivity index (χ0) is 11.1. The maximum absolute atomic E-state index is 11.3. The summed E-state index contributed by atoms with van der Waals surface area (Å²) in [5.74, 6) is -0.998. The summed E-state index contributed by atoms with van der Waals surface area (Å²) in [7, 11) is 0. The van der Waals surface area contributed by atoms with E-state index in [1.54, 1.807) is 0 Å². The molecule has 1 heterocycles. The zero-order valence-corrected chi connectivity index (χ0v) is 7.95. The molecule has 0 aromatic carbocycles. The molecular weight excluding hydrogens is 202 g/mol. The molecule has 7 heteroatoms. The number of rotatable bonds is 3. The maximum atomic E-state index is 11.3. The third kappa shape index (κ3) is 1.39. The molecule has 1 aromatic rings. The van der Waals surface area contributed by atoms with Crippen LogP contribution in [0, 0.1) is 0 Å². The van der Waals surface area contributed by atoms with Crippen LogP contribution in [0.5, 0.6) is 0 Å². The van der Waals surface area contributed by atoms with Crippen molar-refractivity contribution in [2.24, 2.45) is 0 Å². The van der Waals surface area contributed by atoms with Crippen LogP contribution in [0.25, 0.3) is 0 Å². The lowest BCUT2D eigenvalue weighted by molar-refractivity contribution is -0.140. The van der Waals surface area contributed by atoms with E-state index in [1.807, 2.05) is 0 Å². The fourth-order valence-electron chi connectivity index (χ4n) is 2.09. The number of aromatic nitrogens is 3. The van der Waals surface area contributed by atoms with Crippen molar-refractivity contribution in [3.8, 4) is 0 Å². The molecule has 0 spiro atoms. The number of H-pyrrole nitrogens is 2. The molecule has 7 nitrogen and oxygen atoms in total. The van der Waals surface area contributed by atoms with Crippen LogP contribution in [-0.2, 0) is 10.3 Å². The Labute approximate surface area is 83.7 Å². The largest absolute Gasteiger partial charge is 0.481 e. The van der Waals surface area contributed by atoms with Crippen molar-refractivity contribution in [2.75, 3.05) is 0 Å². The van der Waals surface area contributed by atoms with Gasteiger partial charge in [-0.2, -0.15) is 0 Å². The molecular formula is C8H11N3O4. The van der Waals surface area contributed by atoms with Crippen LogP contribution in [0.1, 0.15) is 25.7 Å². The van der Waals surface area contributed by atoms with Gasteiger partial charge in [0.2, 0.25) is 0 Å². The second-order valence-corrected chi connectivity index (χ2v) is 3.84. The zero-order valence-electron chi connectivity index (χ0n) is 7.95.